The van der Waals surface area contributed by atoms with Gasteiger partial charge in [-0.3, -0.25) is 0 Å². The van der Waals surface area contributed by atoms with Crippen molar-refractivity contribution in [3.63, 3.8) is 0 Å². The molecule has 1 aliphatic carbocycles. The van der Waals surface area contributed by atoms with Crippen molar-refractivity contribution in [3.05, 3.63) is 23.8 Å². The molecule has 0 unspecified atom stereocenters. The average Bonchev–Trinajstić information content (AvgIpc) is 3.10. The molecule has 5 nitrogen and oxygen atoms in total. The van der Waals surface area contributed by atoms with E-state index in [1.807, 2.05) is 0 Å². The highest BCUT2D eigenvalue weighted by molar-refractivity contribution is 5.88. The number of carboxylic acids is 1. The molecule has 0 radical (unpaired) electrons. The van der Waals surface area contributed by atoms with Crippen molar-refractivity contribution in [1.29, 1.82) is 0 Å². The van der Waals surface area contributed by atoms with Crippen LogP contribution in [-0.2, 0) is 6.54 Å². The second-order valence-electron chi connectivity index (χ2n) is 5.04. The lowest BCUT2D eigenvalue weighted by Crippen LogP contribution is -2.25. The summed E-state index contributed by atoms with van der Waals surface area (Å²) in [5, 5.41) is 12.3. The van der Waals surface area contributed by atoms with Gasteiger partial charge < -0.3 is 10.4 Å². The summed E-state index contributed by atoms with van der Waals surface area (Å²) >= 11 is 0. The smallest absolute Gasteiger partial charge is 0.339 e. The second-order valence-corrected chi connectivity index (χ2v) is 5.04. The predicted molar refractivity (Wildman–Crippen MR) is 67.3 cm³/mol. The van der Waals surface area contributed by atoms with Crippen molar-refractivity contribution in [2.75, 3.05) is 6.54 Å². The fourth-order valence-electron chi connectivity index (χ4n) is 2.34. The van der Waals surface area contributed by atoms with Crippen molar-refractivity contribution in [2.24, 2.45) is 5.41 Å². The molecule has 5 heteroatoms. The molecule has 18 heavy (non-hydrogen) atoms. The van der Waals surface area contributed by atoms with Gasteiger partial charge in [0.05, 0.1) is 5.69 Å². The first-order chi connectivity index (χ1) is 8.67. The topological polar surface area (TPSA) is 75.1 Å². The molecule has 1 heterocycles. The van der Waals surface area contributed by atoms with Crippen LogP contribution in [0.5, 0.6) is 0 Å². The summed E-state index contributed by atoms with van der Waals surface area (Å²) in [5.74, 6) is -0.970. The second kappa shape index (κ2) is 5.44. The van der Waals surface area contributed by atoms with Gasteiger partial charge >= 0.3 is 5.97 Å². The molecule has 0 atom stereocenters. The third-order valence-electron chi connectivity index (χ3n) is 3.56. The molecule has 1 aromatic rings. The van der Waals surface area contributed by atoms with Gasteiger partial charge in [0.25, 0.3) is 0 Å². The van der Waals surface area contributed by atoms with Crippen LogP contribution in [-0.4, -0.2) is 27.6 Å². The molecule has 0 aromatic carbocycles. The van der Waals surface area contributed by atoms with Crippen molar-refractivity contribution < 1.29 is 9.90 Å². The molecule has 1 aliphatic rings. The van der Waals surface area contributed by atoms with Gasteiger partial charge in [-0.25, -0.2) is 14.8 Å². The van der Waals surface area contributed by atoms with Gasteiger partial charge in [-0.05, 0) is 24.7 Å². The molecule has 0 saturated heterocycles. The Labute approximate surface area is 107 Å². The molecule has 2 rings (SSSR count). The summed E-state index contributed by atoms with van der Waals surface area (Å²) in [4.78, 5) is 18.8. The fourth-order valence-corrected chi connectivity index (χ4v) is 2.34. The lowest BCUT2D eigenvalue weighted by Gasteiger charge is -2.15. The predicted octanol–water partition coefficient (Wildman–Crippen LogP) is 1.84. The fraction of sp³-hybridized carbons (Fsp3) is 0.615. The minimum atomic E-state index is -0.970. The van der Waals surface area contributed by atoms with Crippen LogP contribution in [0.2, 0.25) is 0 Å². The Morgan fingerprint density at radius 2 is 2.33 bits per heavy atom. The van der Waals surface area contributed by atoms with Crippen molar-refractivity contribution >= 4 is 5.97 Å². The number of carbonyl (C=O) groups is 1. The molecule has 1 saturated carbocycles. The van der Waals surface area contributed by atoms with Crippen LogP contribution < -0.4 is 5.32 Å². The lowest BCUT2D eigenvalue weighted by molar-refractivity contribution is 0.0694. The summed E-state index contributed by atoms with van der Waals surface area (Å²) in [6.07, 6.45) is 7.76. The van der Waals surface area contributed by atoms with E-state index in [2.05, 4.69) is 22.2 Å². The first kappa shape index (κ1) is 13.0. The quantitative estimate of drug-likeness (QED) is 0.771. The van der Waals surface area contributed by atoms with Gasteiger partial charge in [0.1, 0.15) is 11.9 Å². The van der Waals surface area contributed by atoms with E-state index in [0.29, 0.717) is 17.7 Å². The molecule has 2 N–H and O–H groups in total. The Balaban J connectivity index is 1.89. The van der Waals surface area contributed by atoms with Crippen LogP contribution in [0.3, 0.4) is 0 Å². The lowest BCUT2D eigenvalue weighted by atomic mass is 10.0. The van der Waals surface area contributed by atoms with Gasteiger partial charge in [0.15, 0.2) is 0 Å². The zero-order valence-electron chi connectivity index (χ0n) is 10.6. The molecule has 1 fully saturated rings. The van der Waals surface area contributed by atoms with Crippen molar-refractivity contribution in [3.8, 4) is 0 Å². The summed E-state index contributed by atoms with van der Waals surface area (Å²) in [7, 11) is 0. The van der Waals surface area contributed by atoms with Gasteiger partial charge in [-0.1, -0.05) is 13.3 Å². The maximum atomic E-state index is 11.0. The number of rotatable bonds is 7. The molecule has 98 valence electrons. The van der Waals surface area contributed by atoms with Crippen molar-refractivity contribution in [2.45, 2.75) is 39.2 Å². The van der Waals surface area contributed by atoms with E-state index in [-0.39, 0.29) is 5.56 Å². The third-order valence-corrected chi connectivity index (χ3v) is 3.56. The van der Waals surface area contributed by atoms with E-state index in [4.69, 9.17) is 5.11 Å². The first-order valence-corrected chi connectivity index (χ1v) is 6.40. The van der Waals surface area contributed by atoms with Gasteiger partial charge in [0, 0.05) is 19.3 Å². The summed E-state index contributed by atoms with van der Waals surface area (Å²) < 4.78 is 0. The standard InChI is InChI=1S/C13H19N3O2/c1-2-3-13(4-5-13)8-14-7-11-10(12(17)18)6-15-9-16-11/h6,9,14H,2-5,7-8H2,1H3,(H,17,18). The SMILES string of the molecule is CCCC1(CNCc2ncncc2C(=O)O)CC1. The Morgan fingerprint density at radius 1 is 1.56 bits per heavy atom. The van der Waals surface area contributed by atoms with Gasteiger partial charge in [-0.2, -0.15) is 0 Å². The van der Waals surface area contributed by atoms with E-state index in [9.17, 15) is 4.79 Å². The van der Waals surface area contributed by atoms with E-state index in [0.717, 1.165) is 6.54 Å². The number of nitrogens with zero attached hydrogens (tertiary/aromatic N) is 2. The van der Waals surface area contributed by atoms with Crippen LogP contribution in [0.4, 0.5) is 0 Å². The number of nitrogens with one attached hydrogen (secondary N) is 1. The van der Waals surface area contributed by atoms with Crippen LogP contribution >= 0.6 is 0 Å². The zero-order chi connectivity index (χ0) is 13.0. The highest BCUT2D eigenvalue weighted by Gasteiger charge is 2.40. The Kier molecular flexibility index (Phi) is 3.91. The van der Waals surface area contributed by atoms with Crippen LogP contribution in [0, 0.1) is 5.41 Å². The number of aromatic carboxylic acids is 1. The summed E-state index contributed by atoms with van der Waals surface area (Å²) in [6.45, 7) is 3.65. The highest BCUT2D eigenvalue weighted by Crippen LogP contribution is 2.48. The Hall–Kier alpha value is -1.49. The zero-order valence-corrected chi connectivity index (χ0v) is 10.6. The van der Waals surface area contributed by atoms with E-state index in [1.165, 1.54) is 38.2 Å². The molecular formula is C13H19N3O2. The largest absolute Gasteiger partial charge is 0.478 e. The summed E-state index contributed by atoms with van der Waals surface area (Å²) in [6, 6.07) is 0. The normalized spacial score (nSPS) is 16.5. The number of hydrogen-bond donors (Lipinski definition) is 2. The molecule has 0 bridgehead atoms. The Bertz CT molecular complexity index is 430. The third kappa shape index (κ3) is 3.04. The van der Waals surface area contributed by atoms with Crippen LogP contribution in [0.1, 0.15) is 48.7 Å². The first-order valence-electron chi connectivity index (χ1n) is 6.40. The Morgan fingerprint density at radius 3 is 2.94 bits per heavy atom. The van der Waals surface area contributed by atoms with Gasteiger partial charge in [0.2, 0.25) is 0 Å². The maximum absolute atomic E-state index is 11.0. The molecular weight excluding hydrogens is 230 g/mol. The number of hydrogen-bond acceptors (Lipinski definition) is 4. The molecule has 0 amide bonds. The molecule has 0 spiro atoms. The van der Waals surface area contributed by atoms with E-state index < -0.39 is 5.97 Å². The minimum absolute atomic E-state index is 0.185. The van der Waals surface area contributed by atoms with E-state index >= 15 is 0 Å². The summed E-state index contributed by atoms with van der Waals surface area (Å²) in [5.41, 5.74) is 1.21. The average molecular weight is 249 g/mol. The van der Waals surface area contributed by atoms with Gasteiger partial charge in [-0.15, -0.1) is 0 Å². The monoisotopic (exact) mass is 249 g/mol. The van der Waals surface area contributed by atoms with Crippen LogP contribution in [0.15, 0.2) is 12.5 Å². The highest BCUT2D eigenvalue weighted by atomic mass is 16.4. The molecule has 1 aromatic heterocycles. The van der Waals surface area contributed by atoms with E-state index in [1.54, 1.807) is 0 Å². The molecule has 0 aliphatic heterocycles. The van der Waals surface area contributed by atoms with Crippen LogP contribution in [0.25, 0.3) is 0 Å². The number of aromatic nitrogens is 2. The maximum Gasteiger partial charge on any atom is 0.339 e. The number of carboxylic acid groups (broad SMARTS) is 1. The van der Waals surface area contributed by atoms with Crippen molar-refractivity contribution in [1.82, 2.24) is 15.3 Å². The minimum Gasteiger partial charge on any atom is -0.478 e.